The zero-order valence-electron chi connectivity index (χ0n) is 9.16. The number of nitrogens with zero attached hydrogens (tertiary/aromatic N) is 2. The first-order chi connectivity index (χ1) is 6.49. The standard InChI is InChI=1S/C10H19N3O/c1-10(2,11)8-14-7-5-9-4-6-12-13(9)3/h4,6H,5,7-8,11H2,1-3H3. The lowest BCUT2D eigenvalue weighted by Crippen LogP contribution is -2.37. The highest BCUT2D eigenvalue weighted by atomic mass is 16.5. The van der Waals surface area contributed by atoms with Gasteiger partial charge in [-0.3, -0.25) is 4.68 Å². The molecule has 0 saturated heterocycles. The summed E-state index contributed by atoms with van der Waals surface area (Å²) in [6.45, 7) is 5.19. The fourth-order valence-corrected chi connectivity index (χ4v) is 1.16. The minimum Gasteiger partial charge on any atom is -0.379 e. The number of rotatable bonds is 5. The molecule has 4 heteroatoms. The van der Waals surface area contributed by atoms with E-state index in [1.807, 2.05) is 31.6 Å². The molecule has 4 nitrogen and oxygen atoms in total. The van der Waals surface area contributed by atoms with Crippen LogP contribution in [-0.4, -0.2) is 28.5 Å². The molecular formula is C10H19N3O. The van der Waals surface area contributed by atoms with Gasteiger partial charge in [-0.15, -0.1) is 0 Å². The van der Waals surface area contributed by atoms with Crippen molar-refractivity contribution in [1.29, 1.82) is 0 Å². The lowest BCUT2D eigenvalue weighted by Gasteiger charge is -2.18. The van der Waals surface area contributed by atoms with Crippen LogP contribution in [-0.2, 0) is 18.2 Å². The fourth-order valence-electron chi connectivity index (χ4n) is 1.16. The summed E-state index contributed by atoms with van der Waals surface area (Å²) in [6, 6.07) is 2.00. The monoisotopic (exact) mass is 197 g/mol. The summed E-state index contributed by atoms with van der Waals surface area (Å²) < 4.78 is 7.32. The first kappa shape index (κ1) is 11.2. The molecule has 1 aromatic rings. The van der Waals surface area contributed by atoms with E-state index in [9.17, 15) is 0 Å². The first-order valence-electron chi connectivity index (χ1n) is 4.82. The minimum atomic E-state index is -0.244. The molecule has 0 fully saturated rings. The average Bonchev–Trinajstić information content (AvgIpc) is 2.44. The lowest BCUT2D eigenvalue weighted by atomic mass is 10.1. The molecule has 80 valence electrons. The van der Waals surface area contributed by atoms with E-state index in [4.69, 9.17) is 10.5 Å². The van der Waals surface area contributed by atoms with Gasteiger partial charge in [-0.25, -0.2) is 0 Å². The molecule has 0 spiro atoms. The number of aryl methyl sites for hydroxylation is 1. The van der Waals surface area contributed by atoms with Gasteiger partial charge in [-0.05, 0) is 19.9 Å². The molecule has 0 unspecified atom stereocenters. The molecule has 0 radical (unpaired) electrons. The van der Waals surface area contributed by atoms with Crippen molar-refractivity contribution in [2.24, 2.45) is 12.8 Å². The number of ether oxygens (including phenoxy) is 1. The third kappa shape index (κ3) is 3.89. The summed E-state index contributed by atoms with van der Waals surface area (Å²) in [5, 5.41) is 4.08. The van der Waals surface area contributed by atoms with Crippen LogP contribution in [0, 0.1) is 0 Å². The van der Waals surface area contributed by atoms with Gasteiger partial charge in [0.15, 0.2) is 0 Å². The van der Waals surface area contributed by atoms with Crippen molar-refractivity contribution in [3.05, 3.63) is 18.0 Å². The zero-order chi connectivity index (χ0) is 10.6. The van der Waals surface area contributed by atoms with Crippen LogP contribution < -0.4 is 5.73 Å². The highest BCUT2D eigenvalue weighted by molar-refractivity contribution is 4.99. The van der Waals surface area contributed by atoms with E-state index in [0.717, 1.165) is 6.42 Å². The summed E-state index contributed by atoms with van der Waals surface area (Å²) in [5.41, 5.74) is 6.72. The quantitative estimate of drug-likeness (QED) is 0.707. The Kier molecular flexibility index (Phi) is 3.66. The summed E-state index contributed by atoms with van der Waals surface area (Å²) in [6.07, 6.45) is 2.68. The maximum atomic E-state index is 5.78. The topological polar surface area (TPSA) is 53.1 Å². The van der Waals surface area contributed by atoms with Crippen molar-refractivity contribution in [1.82, 2.24) is 9.78 Å². The average molecular weight is 197 g/mol. The van der Waals surface area contributed by atoms with Gasteiger partial charge in [0.05, 0.1) is 13.2 Å². The molecule has 0 aliphatic heterocycles. The molecule has 0 atom stereocenters. The molecule has 0 aliphatic carbocycles. The molecule has 1 heterocycles. The molecule has 0 aliphatic rings. The Bertz CT molecular complexity index is 275. The number of aromatic nitrogens is 2. The number of hydrogen-bond donors (Lipinski definition) is 1. The minimum absolute atomic E-state index is 0.244. The van der Waals surface area contributed by atoms with E-state index >= 15 is 0 Å². The third-order valence-corrected chi connectivity index (χ3v) is 1.90. The van der Waals surface area contributed by atoms with Gasteiger partial charge in [0.2, 0.25) is 0 Å². The number of nitrogens with two attached hydrogens (primary N) is 1. The molecule has 14 heavy (non-hydrogen) atoms. The van der Waals surface area contributed by atoms with Crippen LogP contribution in [0.2, 0.25) is 0 Å². The second kappa shape index (κ2) is 4.57. The second-order valence-corrected chi connectivity index (χ2v) is 4.24. The van der Waals surface area contributed by atoms with E-state index in [1.54, 1.807) is 6.20 Å². The Labute approximate surface area is 85.0 Å². The summed E-state index contributed by atoms with van der Waals surface area (Å²) >= 11 is 0. The molecule has 1 aromatic heterocycles. The fraction of sp³-hybridized carbons (Fsp3) is 0.700. The second-order valence-electron chi connectivity index (χ2n) is 4.24. The lowest BCUT2D eigenvalue weighted by molar-refractivity contribution is 0.0988. The molecular weight excluding hydrogens is 178 g/mol. The van der Waals surface area contributed by atoms with Crippen LogP contribution in [0.3, 0.4) is 0 Å². The van der Waals surface area contributed by atoms with Crippen LogP contribution >= 0.6 is 0 Å². The highest BCUT2D eigenvalue weighted by Crippen LogP contribution is 2.00. The van der Waals surface area contributed by atoms with Gasteiger partial charge in [0.1, 0.15) is 0 Å². The zero-order valence-corrected chi connectivity index (χ0v) is 9.16. The van der Waals surface area contributed by atoms with E-state index in [0.29, 0.717) is 13.2 Å². The Morgan fingerprint density at radius 3 is 2.79 bits per heavy atom. The Morgan fingerprint density at radius 1 is 1.57 bits per heavy atom. The SMILES string of the molecule is Cn1nccc1CCOCC(C)(C)N. The van der Waals surface area contributed by atoms with Crippen LogP contribution in [0.1, 0.15) is 19.5 Å². The molecule has 1 rings (SSSR count). The van der Waals surface area contributed by atoms with E-state index in [-0.39, 0.29) is 5.54 Å². The highest BCUT2D eigenvalue weighted by Gasteiger charge is 2.10. The van der Waals surface area contributed by atoms with Crippen molar-refractivity contribution >= 4 is 0 Å². The predicted octanol–water partition coefficient (Wildman–Crippen LogP) is 0.716. The number of hydrogen-bond acceptors (Lipinski definition) is 3. The summed E-state index contributed by atoms with van der Waals surface area (Å²) in [5.74, 6) is 0. The van der Waals surface area contributed by atoms with E-state index < -0.39 is 0 Å². The van der Waals surface area contributed by atoms with Crippen LogP contribution in [0.5, 0.6) is 0 Å². The van der Waals surface area contributed by atoms with Gasteiger partial charge in [-0.2, -0.15) is 5.10 Å². The van der Waals surface area contributed by atoms with Crippen molar-refractivity contribution in [3.8, 4) is 0 Å². The predicted molar refractivity (Wildman–Crippen MR) is 56.0 cm³/mol. The van der Waals surface area contributed by atoms with E-state index in [1.165, 1.54) is 5.69 Å². The Balaban J connectivity index is 2.20. The third-order valence-electron chi connectivity index (χ3n) is 1.90. The molecule has 2 N–H and O–H groups in total. The van der Waals surface area contributed by atoms with E-state index in [2.05, 4.69) is 5.10 Å². The van der Waals surface area contributed by atoms with Gasteiger partial charge in [0, 0.05) is 30.9 Å². The molecule has 0 bridgehead atoms. The maximum absolute atomic E-state index is 5.78. The van der Waals surface area contributed by atoms with Crippen LogP contribution in [0.25, 0.3) is 0 Å². The summed E-state index contributed by atoms with van der Waals surface area (Å²) in [7, 11) is 1.93. The largest absolute Gasteiger partial charge is 0.379 e. The van der Waals surface area contributed by atoms with Crippen LogP contribution in [0.4, 0.5) is 0 Å². The van der Waals surface area contributed by atoms with Gasteiger partial charge >= 0.3 is 0 Å². The Morgan fingerprint density at radius 2 is 2.29 bits per heavy atom. The molecule has 0 saturated carbocycles. The molecule has 0 amide bonds. The van der Waals surface area contributed by atoms with Crippen molar-refractivity contribution in [2.45, 2.75) is 25.8 Å². The summed E-state index contributed by atoms with van der Waals surface area (Å²) in [4.78, 5) is 0. The first-order valence-corrected chi connectivity index (χ1v) is 4.82. The normalized spacial score (nSPS) is 12.0. The Hall–Kier alpha value is -0.870. The van der Waals surface area contributed by atoms with Gasteiger partial charge in [-0.1, -0.05) is 0 Å². The van der Waals surface area contributed by atoms with Crippen molar-refractivity contribution in [2.75, 3.05) is 13.2 Å². The molecule has 0 aromatic carbocycles. The maximum Gasteiger partial charge on any atom is 0.0640 e. The van der Waals surface area contributed by atoms with Crippen molar-refractivity contribution in [3.63, 3.8) is 0 Å². The van der Waals surface area contributed by atoms with Crippen molar-refractivity contribution < 1.29 is 4.74 Å². The smallest absolute Gasteiger partial charge is 0.0640 e. The van der Waals surface area contributed by atoms with Gasteiger partial charge in [0.25, 0.3) is 0 Å². The van der Waals surface area contributed by atoms with Gasteiger partial charge < -0.3 is 10.5 Å². The van der Waals surface area contributed by atoms with Crippen LogP contribution in [0.15, 0.2) is 12.3 Å².